The van der Waals surface area contributed by atoms with Gasteiger partial charge in [0.1, 0.15) is 5.82 Å². The van der Waals surface area contributed by atoms with Gasteiger partial charge in [-0.3, -0.25) is 0 Å². The molecule has 0 unspecified atom stereocenters. The van der Waals surface area contributed by atoms with Crippen LogP contribution in [-0.2, 0) is 6.42 Å². The van der Waals surface area contributed by atoms with Gasteiger partial charge in [0.05, 0.1) is 0 Å². The number of benzene rings is 1. The average Bonchev–Trinajstić information content (AvgIpc) is 2.83. The summed E-state index contributed by atoms with van der Waals surface area (Å²) in [5.74, 6) is 0.400. The molecule has 102 valence electrons. The van der Waals surface area contributed by atoms with Crippen LogP contribution in [0.3, 0.4) is 0 Å². The van der Waals surface area contributed by atoms with E-state index in [0.717, 1.165) is 23.2 Å². The van der Waals surface area contributed by atoms with Crippen molar-refractivity contribution in [3.8, 4) is 0 Å². The van der Waals surface area contributed by atoms with Crippen molar-refractivity contribution in [2.45, 2.75) is 13.3 Å². The first kappa shape index (κ1) is 12.6. The summed E-state index contributed by atoms with van der Waals surface area (Å²) in [7, 11) is 0. The molecule has 0 aliphatic rings. The quantitative estimate of drug-likeness (QED) is 0.792. The van der Waals surface area contributed by atoms with Crippen molar-refractivity contribution in [2.75, 3.05) is 11.9 Å². The molecule has 5 heteroatoms. The molecule has 3 rings (SSSR count). The zero-order valence-electron chi connectivity index (χ0n) is 11.2. The zero-order valence-corrected chi connectivity index (χ0v) is 11.2. The van der Waals surface area contributed by atoms with E-state index >= 15 is 0 Å². The molecule has 2 heterocycles. The third kappa shape index (κ3) is 2.77. The van der Waals surface area contributed by atoms with Crippen LogP contribution < -0.4 is 5.32 Å². The van der Waals surface area contributed by atoms with Gasteiger partial charge in [-0.15, -0.1) is 5.10 Å². The number of halogens is 1. The summed E-state index contributed by atoms with van der Waals surface area (Å²) in [5.41, 5.74) is 3.07. The summed E-state index contributed by atoms with van der Waals surface area (Å²) in [5, 5.41) is 7.51. The van der Waals surface area contributed by atoms with Crippen molar-refractivity contribution in [3.63, 3.8) is 0 Å². The SMILES string of the molecule is Cc1ccn2nc(NCCc3ccc(F)cc3)nc2c1. The zero-order chi connectivity index (χ0) is 13.9. The van der Waals surface area contributed by atoms with Crippen molar-refractivity contribution in [2.24, 2.45) is 0 Å². The lowest BCUT2D eigenvalue weighted by molar-refractivity contribution is 0.627. The van der Waals surface area contributed by atoms with Crippen molar-refractivity contribution in [3.05, 3.63) is 59.5 Å². The summed E-state index contributed by atoms with van der Waals surface area (Å²) < 4.78 is 14.5. The lowest BCUT2D eigenvalue weighted by Crippen LogP contribution is -2.06. The summed E-state index contributed by atoms with van der Waals surface area (Å²) in [6.45, 7) is 2.73. The molecule has 3 aromatic rings. The lowest BCUT2D eigenvalue weighted by Gasteiger charge is -2.01. The number of aryl methyl sites for hydroxylation is 1. The number of aromatic nitrogens is 3. The van der Waals surface area contributed by atoms with Gasteiger partial charge in [-0.2, -0.15) is 4.98 Å². The molecular weight excluding hydrogens is 255 g/mol. The van der Waals surface area contributed by atoms with Gasteiger partial charge < -0.3 is 5.32 Å². The van der Waals surface area contributed by atoms with Crippen molar-refractivity contribution in [1.82, 2.24) is 14.6 Å². The predicted molar refractivity (Wildman–Crippen MR) is 76.3 cm³/mol. The summed E-state index contributed by atoms with van der Waals surface area (Å²) in [6.07, 6.45) is 2.69. The molecule has 2 aromatic heterocycles. The Bertz CT molecular complexity index is 718. The first-order valence-corrected chi connectivity index (χ1v) is 6.52. The number of anilines is 1. The van der Waals surface area contributed by atoms with Crippen LogP contribution in [0, 0.1) is 12.7 Å². The van der Waals surface area contributed by atoms with E-state index in [1.807, 2.05) is 25.3 Å². The number of fused-ring (bicyclic) bond motifs is 1. The molecule has 0 amide bonds. The highest BCUT2D eigenvalue weighted by Crippen LogP contribution is 2.08. The maximum Gasteiger partial charge on any atom is 0.243 e. The molecule has 0 fully saturated rings. The van der Waals surface area contributed by atoms with Crippen LogP contribution in [0.4, 0.5) is 10.3 Å². The van der Waals surface area contributed by atoms with E-state index in [1.54, 1.807) is 16.6 Å². The topological polar surface area (TPSA) is 42.2 Å². The van der Waals surface area contributed by atoms with E-state index in [0.29, 0.717) is 12.5 Å². The number of nitrogens with one attached hydrogen (secondary N) is 1. The van der Waals surface area contributed by atoms with Gasteiger partial charge in [-0.25, -0.2) is 8.91 Å². The molecular formula is C15H15FN4. The van der Waals surface area contributed by atoms with Gasteiger partial charge in [0, 0.05) is 12.7 Å². The number of nitrogens with zero attached hydrogens (tertiary/aromatic N) is 3. The van der Waals surface area contributed by atoms with Crippen LogP contribution in [0.2, 0.25) is 0 Å². The minimum absolute atomic E-state index is 0.209. The lowest BCUT2D eigenvalue weighted by atomic mass is 10.1. The monoisotopic (exact) mass is 270 g/mol. The molecule has 0 saturated heterocycles. The summed E-state index contributed by atoms with van der Waals surface area (Å²) in [6, 6.07) is 10.5. The first-order valence-electron chi connectivity index (χ1n) is 6.52. The number of pyridine rings is 1. The van der Waals surface area contributed by atoms with Gasteiger partial charge in [-0.1, -0.05) is 12.1 Å². The molecule has 0 spiro atoms. The standard InChI is InChI=1S/C15H15FN4/c1-11-7-9-20-14(10-11)18-15(19-20)17-8-6-12-2-4-13(16)5-3-12/h2-5,7,9-10H,6,8H2,1H3,(H,17,19). The molecule has 1 aromatic carbocycles. The first-order chi connectivity index (χ1) is 9.70. The molecule has 0 radical (unpaired) electrons. The maximum absolute atomic E-state index is 12.8. The Hall–Kier alpha value is -2.43. The second kappa shape index (κ2) is 5.28. The van der Waals surface area contributed by atoms with Crippen LogP contribution in [0.5, 0.6) is 0 Å². The smallest absolute Gasteiger partial charge is 0.243 e. The highest BCUT2D eigenvalue weighted by Gasteiger charge is 2.02. The van der Waals surface area contributed by atoms with E-state index in [9.17, 15) is 4.39 Å². The third-order valence-electron chi connectivity index (χ3n) is 3.10. The Labute approximate surface area is 116 Å². The van der Waals surface area contributed by atoms with Crippen LogP contribution in [0.1, 0.15) is 11.1 Å². The maximum atomic E-state index is 12.8. The van der Waals surface area contributed by atoms with Gasteiger partial charge in [0.25, 0.3) is 0 Å². The van der Waals surface area contributed by atoms with Gasteiger partial charge in [-0.05, 0) is 48.7 Å². The highest BCUT2D eigenvalue weighted by atomic mass is 19.1. The Morgan fingerprint density at radius 1 is 1.20 bits per heavy atom. The van der Waals surface area contributed by atoms with Gasteiger partial charge in [0.2, 0.25) is 5.95 Å². The molecule has 4 nitrogen and oxygen atoms in total. The van der Waals surface area contributed by atoms with Crippen molar-refractivity contribution >= 4 is 11.6 Å². The van der Waals surface area contributed by atoms with E-state index < -0.39 is 0 Å². The minimum Gasteiger partial charge on any atom is -0.353 e. The molecule has 1 N–H and O–H groups in total. The second-order valence-corrected chi connectivity index (χ2v) is 4.75. The van der Waals surface area contributed by atoms with E-state index in [1.165, 1.54) is 12.1 Å². The molecule has 0 saturated carbocycles. The molecule has 0 aliphatic carbocycles. The molecule has 0 bridgehead atoms. The molecule has 0 atom stereocenters. The largest absolute Gasteiger partial charge is 0.353 e. The van der Waals surface area contributed by atoms with Gasteiger partial charge >= 0.3 is 0 Å². The predicted octanol–water partition coefficient (Wildman–Crippen LogP) is 2.83. The Balaban J connectivity index is 1.63. The molecule has 20 heavy (non-hydrogen) atoms. The number of rotatable bonds is 4. The fraction of sp³-hybridized carbons (Fsp3) is 0.200. The van der Waals surface area contributed by atoms with E-state index in [4.69, 9.17) is 0 Å². The molecule has 0 aliphatic heterocycles. The van der Waals surface area contributed by atoms with Crippen LogP contribution in [0.15, 0.2) is 42.6 Å². The Morgan fingerprint density at radius 2 is 2.00 bits per heavy atom. The van der Waals surface area contributed by atoms with Gasteiger partial charge in [0.15, 0.2) is 5.65 Å². The fourth-order valence-corrected chi connectivity index (χ4v) is 2.03. The van der Waals surface area contributed by atoms with E-state index in [2.05, 4.69) is 15.4 Å². The van der Waals surface area contributed by atoms with Crippen LogP contribution >= 0.6 is 0 Å². The summed E-state index contributed by atoms with van der Waals surface area (Å²) >= 11 is 0. The highest BCUT2D eigenvalue weighted by molar-refractivity contribution is 5.45. The fourth-order valence-electron chi connectivity index (χ4n) is 2.03. The second-order valence-electron chi connectivity index (χ2n) is 4.75. The van der Waals surface area contributed by atoms with Crippen LogP contribution in [0.25, 0.3) is 5.65 Å². The Morgan fingerprint density at radius 3 is 2.80 bits per heavy atom. The van der Waals surface area contributed by atoms with Crippen molar-refractivity contribution in [1.29, 1.82) is 0 Å². The number of hydrogen-bond acceptors (Lipinski definition) is 3. The minimum atomic E-state index is -0.209. The van der Waals surface area contributed by atoms with Crippen LogP contribution in [-0.4, -0.2) is 21.1 Å². The van der Waals surface area contributed by atoms with Crippen molar-refractivity contribution < 1.29 is 4.39 Å². The van der Waals surface area contributed by atoms with E-state index in [-0.39, 0.29) is 5.82 Å². The normalized spacial score (nSPS) is 10.9. The third-order valence-corrected chi connectivity index (χ3v) is 3.10. The number of hydrogen-bond donors (Lipinski definition) is 1. The average molecular weight is 270 g/mol. The summed E-state index contributed by atoms with van der Waals surface area (Å²) in [4.78, 5) is 4.40. The Kier molecular flexibility index (Phi) is 3.33.